The molecule has 3 atom stereocenters. The number of piperazine rings is 1. The Labute approximate surface area is 250 Å². The lowest BCUT2D eigenvalue weighted by Crippen LogP contribution is -2.56. The molecule has 12 nitrogen and oxygen atoms in total. The van der Waals surface area contributed by atoms with E-state index in [-0.39, 0.29) is 50.5 Å². The fraction of sp³-hybridized carbons (Fsp3) is 0.452. The van der Waals surface area contributed by atoms with E-state index < -0.39 is 17.7 Å². The van der Waals surface area contributed by atoms with Crippen molar-refractivity contribution in [2.75, 3.05) is 40.0 Å². The largest absolute Gasteiger partial charge is 0.478 e. The maximum Gasteiger partial charge on any atom is 0.407 e. The van der Waals surface area contributed by atoms with Gasteiger partial charge in [0, 0.05) is 51.0 Å². The van der Waals surface area contributed by atoms with Crippen molar-refractivity contribution in [1.29, 1.82) is 5.26 Å². The molecule has 2 aromatic heterocycles. The van der Waals surface area contributed by atoms with E-state index in [1.165, 1.54) is 11.1 Å². The number of methoxy groups -OCH3 is 1. The van der Waals surface area contributed by atoms with Crippen LogP contribution in [0.25, 0.3) is 11.3 Å². The molecule has 1 aromatic carbocycles. The van der Waals surface area contributed by atoms with Gasteiger partial charge in [-0.2, -0.15) is 5.26 Å². The van der Waals surface area contributed by atoms with E-state index in [2.05, 4.69) is 9.97 Å². The third kappa shape index (κ3) is 6.48. The molecule has 5 rings (SSSR count). The minimum atomic E-state index is -1.11. The highest BCUT2D eigenvalue weighted by molar-refractivity contribution is 5.98. The number of nitriles is 1. The molecular weight excluding hydrogens is 552 g/mol. The molecular formula is C31H36N6O6. The molecule has 1 aliphatic carbocycles. The summed E-state index contributed by atoms with van der Waals surface area (Å²) in [7, 11) is 1.57. The third-order valence-electron chi connectivity index (χ3n) is 8.31. The van der Waals surface area contributed by atoms with Crippen molar-refractivity contribution in [1.82, 2.24) is 24.3 Å². The number of hydrogen-bond acceptors (Lipinski definition) is 8. The monoisotopic (exact) mass is 588 g/mol. The van der Waals surface area contributed by atoms with Gasteiger partial charge < -0.3 is 34.1 Å². The van der Waals surface area contributed by atoms with E-state index in [9.17, 15) is 19.8 Å². The number of aromatic nitrogens is 3. The molecule has 12 heteroatoms. The number of benzene rings is 1. The highest BCUT2D eigenvalue weighted by Crippen LogP contribution is 2.41. The predicted molar refractivity (Wildman–Crippen MR) is 155 cm³/mol. The van der Waals surface area contributed by atoms with Crippen LogP contribution in [0.4, 0.5) is 4.79 Å². The Bertz CT molecular complexity index is 1450. The molecule has 0 unspecified atom stereocenters. The smallest absolute Gasteiger partial charge is 0.407 e. The zero-order valence-electron chi connectivity index (χ0n) is 24.1. The number of nitrogens with zero attached hydrogens (tertiary/aromatic N) is 6. The molecule has 3 aromatic rings. The molecule has 43 heavy (non-hydrogen) atoms. The number of carboxylic acid groups (broad SMARTS) is 1. The summed E-state index contributed by atoms with van der Waals surface area (Å²) >= 11 is 0. The summed E-state index contributed by atoms with van der Waals surface area (Å²) in [5.74, 6) is 0.0270. The van der Waals surface area contributed by atoms with Gasteiger partial charge in [-0.25, -0.2) is 14.8 Å². The molecule has 0 spiro atoms. The number of rotatable bonds is 9. The predicted octanol–water partition coefficient (Wildman–Crippen LogP) is 3.58. The van der Waals surface area contributed by atoms with Crippen LogP contribution >= 0.6 is 0 Å². The van der Waals surface area contributed by atoms with Crippen molar-refractivity contribution in [2.45, 2.75) is 49.8 Å². The van der Waals surface area contributed by atoms with E-state index in [0.29, 0.717) is 36.4 Å². The summed E-state index contributed by atoms with van der Waals surface area (Å²) in [6.45, 7) is 0.854. The fourth-order valence-corrected chi connectivity index (χ4v) is 6.17. The van der Waals surface area contributed by atoms with Gasteiger partial charge in [0.25, 0.3) is 5.91 Å². The maximum atomic E-state index is 14.3. The highest BCUT2D eigenvalue weighted by atomic mass is 16.5. The van der Waals surface area contributed by atoms with Crippen LogP contribution in [0.5, 0.6) is 5.88 Å². The van der Waals surface area contributed by atoms with Crippen LogP contribution in [0.1, 0.15) is 54.2 Å². The molecule has 2 fully saturated rings. The second-order valence-electron chi connectivity index (χ2n) is 11.0. The van der Waals surface area contributed by atoms with Crippen LogP contribution in [0, 0.1) is 11.3 Å². The molecule has 2 amide bonds. The van der Waals surface area contributed by atoms with Crippen molar-refractivity contribution < 1.29 is 29.3 Å². The van der Waals surface area contributed by atoms with Gasteiger partial charge in [-0.15, -0.1) is 0 Å². The van der Waals surface area contributed by atoms with Gasteiger partial charge in [0.1, 0.15) is 11.7 Å². The quantitative estimate of drug-likeness (QED) is 0.382. The van der Waals surface area contributed by atoms with Crippen molar-refractivity contribution in [2.24, 2.45) is 0 Å². The van der Waals surface area contributed by atoms with Gasteiger partial charge in [-0.3, -0.25) is 4.79 Å². The Hall–Kier alpha value is -4.47. The first-order chi connectivity index (χ1) is 20.8. The van der Waals surface area contributed by atoms with Gasteiger partial charge in [0.05, 0.1) is 42.9 Å². The molecule has 2 N–H and O–H groups in total. The topological polar surface area (TPSA) is 154 Å². The van der Waals surface area contributed by atoms with Crippen LogP contribution < -0.4 is 4.74 Å². The van der Waals surface area contributed by atoms with E-state index in [1.807, 2.05) is 41.0 Å². The number of pyridine rings is 1. The second kappa shape index (κ2) is 13.2. The van der Waals surface area contributed by atoms with Crippen LogP contribution in [0.3, 0.4) is 0 Å². The molecule has 0 radical (unpaired) electrons. The number of carbonyl (C=O) groups excluding carboxylic acids is 1. The summed E-state index contributed by atoms with van der Waals surface area (Å²) in [5.41, 5.74) is 0.967. The number of amides is 2. The van der Waals surface area contributed by atoms with Gasteiger partial charge >= 0.3 is 6.09 Å². The maximum absolute atomic E-state index is 14.3. The van der Waals surface area contributed by atoms with Gasteiger partial charge in [0.15, 0.2) is 5.69 Å². The van der Waals surface area contributed by atoms with E-state index in [1.54, 1.807) is 30.5 Å². The standard InChI is InChI=1S/C31H36N6O6/c1-42-20-31(41)13-6-5-9-25(31)37-21-34-27(28(37)23-7-3-2-4-8-23)29(38)36-15-14-35(30(39)40)19-24(36)12-16-43-26-11-10-22(17-32)18-33-26/h2-4,7-8,10-11,18,21,24-25,41H,5-6,9,12-16,19-20H2,1H3,(H,39,40)/t24-,25-,31-/m1/s1. The normalized spacial score (nSPS) is 22.2. The van der Waals surface area contributed by atoms with Crippen LogP contribution in [-0.4, -0.2) is 98.1 Å². The molecule has 1 aliphatic heterocycles. The lowest BCUT2D eigenvalue weighted by atomic mass is 9.80. The minimum absolute atomic E-state index is 0.128. The van der Waals surface area contributed by atoms with Gasteiger partial charge in [-0.1, -0.05) is 43.2 Å². The zero-order valence-corrected chi connectivity index (χ0v) is 24.1. The first kappa shape index (κ1) is 30.0. The van der Waals surface area contributed by atoms with E-state index >= 15 is 0 Å². The number of ether oxygens (including phenoxy) is 2. The third-order valence-corrected chi connectivity index (χ3v) is 8.31. The average molecular weight is 589 g/mol. The summed E-state index contributed by atoms with van der Waals surface area (Å²) in [6, 6.07) is 13.9. The number of carbonyl (C=O) groups is 2. The fourth-order valence-electron chi connectivity index (χ4n) is 6.17. The van der Waals surface area contributed by atoms with Crippen molar-refractivity contribution in [3.05, 3.63) is 66.2 Å². The van der Waals surface area contributed by atoms with E-state index in [4.69, 9.17) is 14.7 Å². The molecule has 3 heterocycles. The Morgan fingerprint density at radius 1 is 1.14 bits per heavy atom. The number of imidazole rings is 1. The second-order valence-corrected chi connectivity index (χ2v) is 11.0. The van der Waals surface area contributed by atoms with Crippen LogP contribution in [-0.2, 0) is 4.74 Å². The Morgan fingerprint density at radius 2 is 1.95 bits per heavy atom. The first-order valence-electron chi connectivity index (χ1n) is 14.5. The van der Waals surface area contributed by atoms with E-state index in [0.717, 1.165) is 18.4 Å². The van der Waals surface area contributed by atoms with Gasteiger partial charge in [0.2, 0.25) is 5.88 Å². The Balaban J connectivity index is 1.44. The molecule has 226 valence electrons. The average Bonchev–Trinajstić information content (AvgIpc) is 3.46. The molecule has 2 aliphatic rings. The molecule has 0 bridgehead atoms. The summed E-state index contributed by atoms with van der Waals surface area (Å²) < 4.78 is 13.1. The number of hydrogen-bond donors (Lipinski definition) is 2. The van der Waals surface area contributed by atoms with Gasteiger partial charge in [-0.05, 0) is 18.9 Å². The lowest BCUT2D eigenvalue weighted by Gasteiger charge is -2.41. The molecule has 1 saturated heterocycles. The Kier molecular flexibility index (Phi) is 9.23. The Morgan fingerprint density at radius 3 is 2.65 bits per heavy atom. The zero-order chi connectivity index (χ0) is 30.4. The summed E-state index contributed by atoms with van der Waals surface area (Å²) in [5, 5.41) is 30.3. The first-order valence-corrected chi connectivity index (χ1v) is 14.5. The highest BCUT2D eigenvalue weighted by Gasteiger charge is 2.43. The van der Waals surface area contributed by atoms with Crippen LogP contribution in [0.2, 0.25) is 0 Å². The summed E-state index contributed by atoms with van der Waals surface area (Å²) in [6.07, 6.45) is 5.46. The summed E-state index contributed by atoms with van der Waals surface area (Å²) in [4.78, 5) is 37.8. The van der Waals surface area contributed by atoms with Crippen molar-refractivity contribution in [3.8, 4) is 23.2 Å². The minimum Gasteiger partial charge on any atom is -0.478 e. The molecule has 1 saturated carbocycles. The van der Waals surface area contributed by atoms with Crippen molar-refractivity contribution >= 4 is 12.0 Å². The SMILES string of the molecule is COC[C@]1(O)CCCC[C@H]1n1cnc(C(=O)N2CCN(C(=O)O)C[C@H]2CCOc2ccc(C#N)cn2)c1-c1ccccc1. The van der Waals surface area contributed by atoms with Crippen LogP contribution in [0.15, 0.2) is 55.0 Å². The number of aliphatic hydroxyl groups is 1. The van der Waals surface area contributed by atoms with Crippen molar-refractivity contribution in [3.63, 3.8) is 0 Å². The lowest BCUT2D eigenvalue weighted by molar-refractivity contribution is -0.0893.